The third kappa shape index (κ3) is 2.59. The van der Waals surface area contributed by atoms with Gasteiger partial charge >= 0.3 is 5.97 Å². The first-order chi connectivity index (χ1) is 9.37. The number of carboxylic acids is 1. The zero-order valence-corrected chi connectivity index (χ0v) is 13.0. The lowest BCUT2D eigenvalue weighted by molar-refractivity contribution is -0.147. The van der Waals surface area contributed by atoms with E-state index in [-0.39, 0.29) is 5.91 Å². The lowest BCUT2D eigenvalue weighted by Gasteiger charge is -2.33. The molecule has 4 nitrogen and oxygen atoms in total. The van der Waals surface area contributed by atoms with E-state index in [2.05, 4.69) is 0 Å². The smallest absolute Gasteiger partial charge is 0.329 e. The van der Waals surface area contributed by atoms with Crippen LogP contribution in [0.15, 0.2) is 6.07 Å². The summed E-state index contributed by atoms with van der Waals surface area (Å²) in [5, 5.41) is 9.31. The molecule has 0 unspecified atom stereocenters. The summed E-state index contributed by atoms with van der Waals surface area (Å²) < 4.78 is 0. The highest BCUT2D eigenvalue weighted by atomic mass is 32.1. The Kier molecular flexibility index (Phi) is 4.18. The maximum atomic E-state index is 12.6. The van der Waals surface area contributed by atoms with Crippen LogP contribution in [0.25, 0.3) is 0 Å². The second-order valence-electron chi connectivity index (χ2n) is 5.68. The van der Waals surface area contributed by atoms with Crippen molar-refractivity contribution in [2.75, 3.05) is 6.54 Å². The van der Waals surface area contributed by atoms with Crippen LogP contribution in [0.3, 0.4) is 0 Å². The molecule has 0 saturated heterocycles. The Morgan fingerprint density at radius 1 is 1.35 bits per heavy atom. The minimum Gasteiger partial charge on any atom is -0.480 e. The van der Waals surface area contributed by atoms with Gasteiger partial charge in [0.25, 0.3) is 5.91 Å². The van der Waals surface area contributed by atoms with Crippen LogP contribution in [0.4, 0.5) is 0 Å². The number of hydrogen-bond acceptors (Lipinski definition) is 3. The minimum atomic E-state index is -1.18. The monoisotopic (exact) mass is 295 g/mol. The number of hydrogen-bond donors (Lipinski definition) is 1. The van der Waals surface area contributed by atoms with Crippen molar-refractivity contribution in [3.05, 3.63) is 21.4 Å². The third-order valence-corrected chi connectivity index (χ3v) is 5.19. The van der Waals surface area contributed by atoms with Crippen LogP contribution in [-0.4, -0.2) is 34.0 Å². The zero-order chi connectivity index (χ0) is 14.9. The molecule has 0 aliphatic heterocycles. The zero-order valence-electron chi connectivity index (χ0n) is 12.2. The van der Waals surface area contributed by atoms with Crippen molar-refractivity contribution in [2.24, 2.45) is 0 Å². The lowest BCUT2D eigenvalue weighted by Crippen LogP contribution is -2.52. The molecule has 0 fully saturated rings. The number of amides is 1. The summed E-state index contributed by atoms with van der Waals surface area (Å²) in [6.45, 7) is 5.35. The maximum absolute atomic E-state index is 12.6. The molecule has 1 aromatic heterocycles. The van der Waals surface area contributed by atoms with Crippen LogP contribution in [0.2, 0.25) is 0 Å². The van der Waals surface area contributed by atoms with Crippen molar-refractivity contribution in [1.29, 1.82) is 0 Å². The summed E-state index contributed by atoms with van der Waals surface area (Å²) in [6.07, 6.45) is 4.43. The number of nitrogens with zero attached hydrogens (tertiary/aromatic N) is 1. The van der Waals surface area contributed by atoms with Gasteiger partial charge in [0.1, 0.15) is 5.54 Å². The molecule has 0 spiro atoms. The number of aliphatic carboxylic acids is 1. The predicted molar refractivity (Wildman–Crippen MR) is 79.4 cm³/mol. The summed E-state index contributed by atoms with van der Waals surface area (Å²) in [5.74, 6) is -1.15. The molecule has 110 valence electrons. The average molecular weight is 295 g/mol. The Bertz CT molecular complexity index is 510. The largest absolute Gasteiger partial charge is 0.480 e. The normalized spacial score (nSPS) is 14.8. The van der Waals surface area contributed by atoms with Crippen LogP contribution in [0.5, 0.6) is 0 Å². The Balaban J connectivity index is 2.29. The molecule has 0 radical (unpaired) electrons. The molecule has 20 heavy (non-hydrogen) atoms. The SMILES string of the molecule is CCN(C(=O)c1cc2c(s1)CCCC2)C(C)(C)C(=O)O. The van der Waals surface area contributed by atoms with Crippen LogP contribution in [0, 0.1) is 0 Å². The molecule has 0 aromatic carbocycles. The van der Waals surface area contributed by atoms with Crippen LogP contribution in [-0.2, 0) is 17.6 Å². The van der Waals surface area contributed by atoms with Gasteiger partial charge in [-0.25, -0.2) is 4.79 Å². The van der Waals surface area contributed by atoms with E-state index in [4.69, 9.17) is 0 Å². The third-order valence-electron chi connectivity index (χ3n) is 3.97. The van der Waals surface area contributed by atoms with Gasteiger partial charge in [0.2, 0.25) is 0 Å². The number of rotatable bonds is 4. The van der Waals surface area contributed by atoms with Crippen LogP contribution in [0.1, 0.15) is 53.7 Å². The number of likely N-dealkylation sites (N-methyl/N-ethyl adjacent to an activating group) is 1. The number of carbonyl (C=O) groups is 2. The topological polar surface area (TPSA) is 57.6 Å². The molecule has 1 amide bonds. The van der Waals surface area contributed by atoms with E-state index in [9.17, 15) is 14.7 Å². The Morgan fingerprint density at radius 3 is 2.55 bits per heavy atom. The fraction of sp³-hybridized carbons (Fsp3) is 0.600. The van der Waals surface area contributed by atoms with Crippen molar-refractivity contribution in [2.45, 2.75) is 52.0 Å². The van der Waals surface area contributed by atoms with Crippen molar-refractivity contribution >= 4 is 23.2 Å². The average Bonchev–Trinajstić information content (AvgIpc) is 2.82. The summed E-state index contributed by atoms with van der Waals surface area (Å²) in [5.41, 5.74) is 0.0878. The molecule has 0 atom stereocenters. The number of carboxylic acid groups (broad SMARTS) is 1. The van der Waals surface area contributed by atoms with Crippen molar-refractivity contribution < 1.29 is 14.7 Å². The molecule has 0 bridgehead atoms. The number of thiophene rings is 1. The second kappa shape index (κ2) is 5.56. The van der Waals surface area contributed by atoms with Gasteiger partial charge in [-0.2, -0.15) is 0 Å². The minimum absolute atomic E-state index is 0.167. The molecule has 5 heteroatoms. The van der Waals surface area contributed by atoms with E-state index >= 15 is 0 Å². The van der Waals surface area contributed by atoms with Gasteiger partial charge in [-0.05, 0) is 58.1 Å². The summed E-state index contributed by atoms with van der Waals surface area (Å²) in [7, 11) is 0. The first-order valence-electron chi connectivity index (χ1n) is 7.05. The Hall–Kier alpha value is -1.36. The first kappa shape index (κ1) is 15.0. The van der Waals surface area contributed by atoms with Crippen molar-refractivity contribution in [1.82, 2.24) is 4.90 Å². The van der Waals surface area contributed by atoms with E-state index in [1.165, 1.54) is 39.5 Å². The van der Waals surface area contributed by atoms with E-state index < -0.39 is 11.5 Å². The van der Waals surface area contributed by atoms with Gasteiger partial charge in [0, 0.05) is 11.4 Å². The maximum Gasteiger partial charge on any atom is 0.329 e. The highest BCUT2D eigenvalue weighted by Gasteiger charge is 2.38. The molecule has 1 aliphatic rings. The van der Waals surface area contributed by atoms with Gasteiger partial charge in [0.15, 0.2) is 0 Å². The number of carbonyl (C=O) groups excluding carboxylic acids is 1. The van der Waals surface area contributed by atoms with Gasteiger partial charge in [-0.15, -0.1) is 11.3 Å². The van der Waals surface area contributed by atoms with Crippen molar-refractivity contribution in [3.8, 4) is 0 Å². The van der Waals surface area contributed by atoms with E-state index in [1.54, 1.807) is 13.8 Å². The van der Waals surface area contributed by atoms with Crippen molar-refractivity contribution in [3.63, 3.8) is 0 Å². The van der Waals surface area contributed by atoms with Gasteiger partial charge in [-0.3, -0.25) is 4.79 Å². The fourth-order valence-electron chi connectivity index (χ4n) is 2.64. The molecular weight excluding hydrogens is 274 g/mol. The number of aryl methyl sites for hydroxylation is 2. The fourth-order valence-corrected chi connectivity index (χ4v) is 3.84. The summed E-state index contributed by atoms with van der Waals surface area (Å²) in [6, 6.07) is 1.96. The molecule has 1 aromatic rings. The second-order valence-corrected chi connectivity index (χ2v) is 6.82. The molecule has 1 heterocycles. The highest BCUT2D eigenvalue weighted by Crippen LogP contribution is 2.31. The quantitative estimate of drug-likeness (QED) is 0.929. The first-order valence-corrected chi connectivity index (χ1v) is 7.86. The van der Waals surface area contributed by atoms with Crippen LogP contribution >= 0.6 is 11.3 Å². The van der Waals surface area contributed by atoms with Gasteiger partial charge < -0.3 is 10.0 Å². The summed E-state index contributed by atoms with van der Waals surface area (Å²) in [4.78, 5) is 27.4. The van der Waals surface area contributed by atoms with Gasteiger partial charge in [0.05, 0.1) is 4.88 Å². The van der Waals surface area contributed by atoms with E-state index in [0.717, 1.165) is 12.8 Å². The molecule has 1 aliphatic carbocycles. The van der Waals surface area contributed by atoms with E-state index in [0.29, 0.717) is 11.4 Å². The molecular formula is C15H21NO3S. The molecule has 1 N–H and O–H groups in total. The highest BCUT2D eigenvalue weighted by molar-refractivity contribution is 7.14. The number of fused-ring (bicyclic) bond motifs is 1. The standard InChI is InChI=1S/C15H21NO3S/c1-4-16(15(2,3)14(18)19)13(17)12-9-10-7-5-6-8-11(10)20-12/h9H,4-8H2,1-3H3,(H,18,19). The summed E-state index contributed by atoms with van der Waals surface area (Å²) >= 11 is 1.53. The van der Waals surface area contributed by atoms with E-state index in [1.807, 2.05) is 13.0 Å². The predicted octanol–water partition coefficient (Wildman–Crippen LogP) is 2.95. The Labute approximate surface area is 123 Å². The van der Waals surface area contributed by atoms with Gasteiger partial charge in [-0.1, -0.05) is 0 Å². The van der Waals surface area contributed by atoms with Crippen LogP contribution < -0.4 is 0 Å². The molecule has 0 saturated carbocycles. The Morgan fingerprint density at radius 2 is 2.00 bits per heavy atom. The lowest BCUT2D eigenvalue weighted by atomic mass is 9.99. The molecule has 2 rings (SSSR count).